The summed E-state index contributed by atoms with van der Waals surface area (Å²) in [7, 11) is 2.11. The lowest BCUT2D eigenvalue weighted by Crippen LogP contribution is -2.43. The molecule has 1 aromatic carbocycles. The maximum atomic E-state index is 12.6. The molecule has 1 aliphatic heterocycles. The minimum atomic E-state index is 0.0714. The first-order chi connectivity index (χ1) is 9.11. The number of hydrogen-bond donors (Lipinski definition) is 1. The molecular weight excluding hydrogens is 240 g/mol. The predicted molar refractivity (Wildman–Crippen MR) is 75.3 cm³/mol. The van der Waals surface area contributed by atoms with Crippen LogP contribution in [0.4, 0.5) is 0 Å². The maximum absolute atomic E-state index is 12.6. The van der Waals surface area contributed by atoms with Gasteiger partial charge in [0.15, 0.2) is 0 Å². The summed E-state index contributed by atoms with van der Waals surface area (Å²) in [6.45, 7) is 4.90. The molecule has 1 amide bonds. The average Bonchev–Trinajstić information content (AvgIpc) is 2.60. The number of benzene rings is 1. The highest BCUT2D eigenvalue weighted by atomic mass is 16.3. The van der Waals surface area contributed by atoms with Crippen LogP contribution < -0.4 is 0 Å². The van der Waals surface area contributed by atoms with E-state index in [1.807, 2.05) is 4.90 Å². The molecule has 1 atom stereocenters. The summed E-state index contributed by atoms with van der Waals surface area (Å²) in [6.07, 6.45) is 1.98. The summed E-state index contributed by atoms with van der Waals surface area (Å²) >= 11 is 0. The van der Waals surface area contributed by atoms with E-state index in [2.05, 4.69) is 18.9 Å². The van der Waals surface area contributed by atoms with E-state index >= 15 is 0 Å². The predicted octanol–water partition coefficient (Wildman–Crippen LogP) is 1.95. The van der Waals surface area contributed by atoms with Crippen molar-refractivity contribution in [2.45, 2.75) is 25.8 Å². The van der Waals surface area contributed by atoms with Crippen molar-refractivity contribution in [2.24, 2.45) is 0 Å². The van der Waals surface area contributed by atoms with Crippen LogP contribution in [-0.4, -0.2) is 53.5 Å². The Morgan fingerprint density at radius 3 is 2.63 bits per heavy atom. The Morgan fingerprint density at radius 1 is 1.32 bits per heavy atom. The second-order valence-electron chi connectivity index (χ2n) is 5.22. The monoisotopic (exact) mass is 262 g/mol. The Bertz CT molecular complexity index is 430. The van der Waals surface area contributed by atoms with Crippen molar-refractivity contribution in [3.05, 3.63) is 29.8 Å². The smallest absolute Gasteiger partial charge is 0.254 e. The van der Waals surface area contributed by atoms with Crippen LogP contribution in [0.3, 0.4) is 0 Å². The molecule has 4 nitrogen and oxygen atoms in total. The molecule has 1 fully saturated rings. The number of amides is 1. The van der Waals surface area contributed by atoms with Gasteiger partial charge in [-0.3, -0.25) is 4.79 Å². The molecule has 0 bridgehead atoms. The van der Waals surface area contributed by atoms with Gasteiger partial charge in [0.25, 0.3) is 5.91 Å². The van der Waals surface area contributed by atoms with Crippen LogP contribution in [0.5, 0.6) is 5.75 Å². The Hall–Kier alpha value is -1.55. The van der Waals surface area contributed by atoms with Crippen molar-refractivity contribution in [1.29, 1.82) is 0 Å². The standard InChI is InChI=1S/C15H22N2O2/c1-3-13-11-16(2)9-4-10-17(13)15(19)12-5-7-14(18)8-6-12/h5-8,13,18H,3-4,9-11H2,1-2H3. The number of likely N-dealkylation sites (N-methyl/N-ethyl adjacent to an activating group) is 1. The molecule has 0 radical (unpaired) electrons. The van der Waals surface area contributed by atoms with Crippen LogP contribution in [0.1, 0.15) is 30.1 Å². The SMILES string of the molecule is CCC1CN(C)CCCN1C(=O)c1ccc(O)cc1. The third-order valence-corrected chi connectivity index (χ3v) is 3.75. The van der Waals surface area contributed by atoms with Gasteiger partial charge in [0, 0.05) is 24.7 Å². The van der Waals surface area contributed by atoms with Crippen molar-refractivity contribution in [1.82, 2.24) is 9.80 Å². The summed E-state index contributed by atoms with van der Waals surface area (Å²) < 4.78 is 0. The zero-order valence-corrected chi connectivity index (χ0v) is 11.7. The van der Waals surface area contributed by atoms with E-state index in [0.29, 0.717) is 5.56 Å². The Labute approximate surface area is 114 Å². The third-order valence-electron chi connectivity index (χ3n) is 3.75. The fraction of sp³-hybridized carbons (Fsp3) is 0.533. The molecule has 1 heterocycles. The minimum Gasteiger partial charge on any atom is -0.508 e. The first kappa shape index (κ1) is 13.9. The zero-order valence-electron chi connectivity index (χ0n) is 11.7. The lowest BCUT2D eigenvalue weighted by molar-refractivity contribution is 0.0675. The summed E-state index contributed by atoms with van der Waals surface area (Å²) in [5.41, 5.74) is 0.654. The molecule has 1 aliphatic rings. The lowest BCUT2D eigenvalue weighted by atomic mass is 10.1. The number of rotatable bonds is 2. The molecule has 0 spiro atoms. The van der Waals surface area contributed by atoms with Crippen LogP contribution >= 0.6 is 0 Å². The molecule has 1 aromatic rings. The average molecular weight is 262 g/mol. The van der Waals surface area contributed by atoms with Gasteiger partial charge in [-0.05, 0) is 50.7 Å². The second kappa shape index (κ2) is 6.06. The number of nitrogens with zero attached hydrogens (tertiary/aromatic N) is 2. The Morgan fingerprint density at radius 2 is 2.00 bits per heavy atom. The van der Waals surface area contributed by atoms with Gasteiger partial charge in [-0.15, -0.1) is 0 Å². The number of carbonyl (C=O) groups is 1. The summed E-state index contributed by atoms with van der Waals surface area (Å²) in [6, 6.07) is 6.79. The van der Waals surface area contributed by atoms with Gasteiger partial charge in [0.2, 0.25) is 0 Å². The molecule has 0 aliphatic carbocycles. The van der Waals surface area contributed by atoms with Gasteiger partial charge >= 0.3 is 0 Å². The number of hydrogen-bond acceptors (Lipinski definition) is 3. The van der Waals surface area contributed by atoms with Gasteiger partial charge in [-0.25, -0.2) is 0 Å². The Balaban J connectivity index is 2.17. The molecule has 0 aromatic heterocycles. The fourth-order valence-corrected chi connectivity index (χ4v) is 2.63. The summed E-state index contributed by atoms with van der Waals surface area (Å²) in [5.74, 6) is 0.265. The fourth-order valence-electron chi connectivity index (χ4n) is 2.63. The number of carbonyl (C=O) groups excluding carboxylic acids is 1. The van der Waals surface area contributed by atoms with Crippen molar-refractivity contribution in [2.75, 3.05) is 26.7 Å². The van der Waals surface area contributed by atoms with E-state index in [1.165, 1.54) is 0 Å². The Kier molecular flexibility index (Phi) is 4.43. The highest BCUT2D eigenvalue weighted by Gasteiger charge is 2.26. The summed E-state index contributed by atoms with van der Waals surface area (Å²) in [4.78, 5) is 16.8. The molecule has 1 N–H and O–H groups in total. The quantitative estimate of drug-likeness (QED) is 0.886. The molecule has 4 heteroatoms. The summed E-state index contributed by atoms with van der Waals surface area (Å²) in [5, 5.41) is 9.30. The number of aromatic hydroxyl groups is 1. The highest BCUT2D eigenvalue weighted by molar-refractivity contribution is 5.94. The highest BCUT2D eigenvalue weighted by Crippen LogP contribution is 2.17. The van der Waals surface area contributed by atoms with Crippen molar-refractivity contribution in [3.63, 3.8) is 0 Å². The molecule has 19 heavy (non-hydrogen) atoms. The first-order valence-electron chi connectivity index (χ1n) is 6.90. The van der Waals surface area contributed by atoms with Gasteiger partial charge in [-0.1, -0.05) is 6.92 Å². The normalized spacial score (nSPS) is 21.2. The largest absolute Gasteiger partial charge is 0.508 e. The zero-order chi connectivity index (χ0) is 13.8. The van der Waals surface area contributed by atoms with E-state index < -0.39 is 0 Å². The van der Waals surface area contributed by atoms with Crippen molar-refractivity contribution in [3.8, 4) is 5.75 Å². The second-order valence-corrected chi connectivity index (χ2v) is 5.22. The van der Waals surface area contributed by atoms with E-state index in [4.69, 9.17) is 0 Å². The molecule has 2 rings (SSSR count). The van der Waals surface area contributed by atoms with Crippen LogP contribution in [-0.2, 0) is 0 Å². The van der Waals surface area contributed by atoms with E-state index in [0.717, 1.165) is 32.5 Å². The molecular formula is C15H22N2O2. The molecule has 0 saturated carbocycles. The number of phenols is 1. The van der Waals surface area contributed by atoms with Crippen LogP contribution in [0.25, 0.3) is 0 Å². The molecule has 1 unspecified atom stereocenters. The van der Waals surface area contributed by atoms with Crippen LogP contribution in [0, 0.1) is 0 Å². The van der Waals surface area contributed by atoms with Crippen LogP contribution in [0.2, 0.25) is 0 Å². The van der Waals surface area contributed by atoms with Gasteiger partial charge < -0.3 is 14.9 Å². The number of phenolic OH excluding ortho intramolecular Hbond substituents is 1. The van der Waals surface area contributed by atoms with E-state index in [-0.39, 0.29) is 17.7 Å². The first-order valence-corrected chi connectivity index (χ1v) is 6.90. The van der Waals surface area contributed by atoms with Crippen LogP contribution in [0.15, 0.2) is 24.3 Å². The topological polar surface area (TPSA) is 43.8 Å². The van der Waals surface area contributed by atoms with E-state index in [9.17, 15) is 9.90 Å². The molecule has 104 valence electrons. The lowest BCUT2D eigenvalue weighted by Gasteiger charge is -2.30. The molecule has 1 saturated heterocycles. The van der Waals surface area contributed by atoms with Crippen molar-refractivity contribution >= 4 is 5.91 Å². The van der Waals surface area contributed by atoms with E-state index in [1.54, 1.807) is 24.3 Å². The maximum Gasteiger partial charge on any atom is 0.254 e. The third kappa shape index (κ3) is 3.26. The van der Waals surface area contributed by atoms with Crippen molar-refractivity contribution < 1.29 is 9.90 Å². The van der Waals surface area contributed by atoms with Gasteiger partial charge in [0.1, 0.15) is 5.75 Å². The van der Waals surface area contributed by atoms with Gasteiger partial charge in [0.05, 0.1) is 0 Å². The minimum absolute atomic E-state index is 0.0714. The van der Waals surface area contributed by atoms with Gasteiger partial charge in [-0.2, -0.15) is 0 Å².